The summed E-state index contributed by atoms with van der Waals surface area (Å²) in [6, 6.07) is 1.17. The zero-order valence-electron chi connectivity index (χ0n) is 17.5. The van der Waals surface area contributed by atoms with Crippen molar-refractivity contribution in [2.75, 3.05) is 27.2 Å². The fraction of sp³-hybridized carbons (Fsp3) is 0.810. The molecule has 3 heteroatoms. The van der Waals surface area contributed by atoms with Crippen molar-refractivity contribution in [2.45, 2.75) is 84.8 Å². The van der Waals surface area contributed by atoms with Gasteiger partial charge in [0.25, 0.3) is 0 Å². The highest BCUT2D eigenvalue weighted by molar-refractivity contribution is 5.21. The number of piperidine rings is 1. The molecule has 3 nitrogen and oxygen atoms in total. The Bertz CT molecular complexity index is 428. The topological polar surface area (TPSA) is 9.72 Å². The first kappa shape index (κ1) is 21.2. The van der Waals surface area contributed by atoms with Gasteiger partial charge in [-0.2, -0.15) is 0 Å². The molecule has 0 aliphatic carbocycles. The Morgan fingerprint density at radius 3 is 2.17 bits per heavy atom. The lowest BCUT2D eigenvalue weighted by Crippen LogP contribution is -2.50. The first-order valence-corrected chi connectivity index (χ1v) is 9.71. The van der Waals surface area contributed by atoms with Crippen LogP contribution in [0, 0.1) is 0 Å². The molecule has 0 aromatic heterocycles. The summed E-state index contributed by atoms with van der Waals surface area (Å²) in [6.07, 6.45) is 6.77. The van der Waals surface area contributed by atoms with Crippen molar-refractivity contribution in [3.8, 4) is 0 Å². The third-order valence-corrected chi connectivity index (χ3v) is 6.10. The molecule has 0 N–H and O–H groups in total. The van der Waals surface area contributed by atoms with E-state index in [9.17, 15) is 0 Å². The van der Waals surface area contributed by atoms with E-state index in [0.29, 0.717) is 6.04 Å². The molecule has 140 valence electrons. The predicted octanol–water partition coefficient (Wildman–Crippen LogP) is 4.72. The predicted molar refractivity (Wildman–Crippen MR) is 107 cm³/mol. The van der Waals surface area contributed by atoms with Crippen LogP contribution >= 0.6 is 0 Å². The first-order chi connectivity index (χ1) is 11.2. The van der Waals surface area contributed by atoms with Crippen LogP contribution in [0.3, 0.4) is 0 Å². The Kier molecular flexibility index (Phi) is 8.01. The monoisotopic (exact) mass is 335 g/mol. The van der Waals surface area contributed by atoms with Crippen LogP contribution in [0.15, 0.2) is 24.0 Å². The largest absolute Gasteiger partial charge is 0.345 e. The van der Waals surface area contributed by atoms with Crippen molar-refractivity contribution in [2.24, 2.45) is 0 Å². The van der Waals surface area contributed by atoms with E-state index in [4.69, 9.17) is 0 Å². The van der Waals surface area contributed by atoms with Crippen LogP contribution in [0.4, 0.5) is 0 Å². The Morgan fingerprint density at radius 1 is 1.25 bits per heavy atom. The molecule has 0 aromatic rings. The maximum Gasteiger partial charge on any atom is 0.0471 e. The fourth-order valence-electron chi connectivity index (χ4n) is 3.75. The molecule has 0 amide bonds. The molecule has 1 atom stereocenters. The smallest absolute Gasteiger partial charge is 0.0471 e. The van der Waals surface area contributed by atoms with Crippen LogP contribution in [0.1, 0.15) is 67.2 Å². The molecule has 1 saturated heterocycles. The molecular weight excluding hydrogens is 294 g/mol. The summed E-state index contributed by atoms with van der Waals surface area (Å²) in [4.78, 5) is 7.48. The van der Waals surface area contributed by atoms with Crippen molar-refractivity contribution < 1.29 is 0 Å². The van der Waals surface area contributed by atoms with Crippen LogP contribution in [-0.2, 0) is 0 Å². The molecule has 1 aliphatic heterocycles. The van der Waals surface area contributed by atoms with Gasteiger partial charge in [-0.05, 0) is 73.7 Å². The van der Waals surface area contributed by atoms with Gasteiger partial charge in [-0.3, -0.25) is 4.90 Å². The molecular formula is C21H41N3. The van der Waals surface area contributed by atoms with E-state index in [2.05, 4.69) is 76.9 Å². The third kappa shape index (κ3) is 4.86. The average Bonchev–Trinajstić information content (AvgIpc) is 2.58. The molecule has 0 bridgehead atoms. The van der Waals surface area contributed by atoms with E-state index in [0.717, 1.165) is 18.9 Å². The highest BCUT2D eigenvalue weighted by Crippen LogP contribution is 2.31. The average molecular weight is 336 g/mol. The molecule has 1 rings (SSSR count). The summed E-state index contributed by atoms with van der Waals surface area (Å²) in [5, 5.41) is 0. The van der Waals surface area contributed by atoms with Crippen molar-refractivity contribution in [1.82, 2.24) is 14.7 Å². The number of hydrogen-bond acceptors (Lipinski definition) is 3. The lowest BCUT2D eigenvalue weighted by molar-refractivity contribution is 0.104. The summed E-state index contributed by atoms with van der Waals surface area (Å²) >= 11 is 0. The second-order valence-corrected chi connectivity index (χ2v) is 8.14. The Balaban J connectivity index is 3.04. The van der Waals surface area contributed by atoms with Crippen molar-refractivity contribution in [1.29, 1.82) is 0 Å². The van der Waals surface area contributed by atoms with Gasteiger partial charge in [0.05, 0.1) is 0 Å². The van der Waals surface area contributed by atoms with Gasteiger partial charge in [-0.1, -0.05) is 26.0 Å². The Hall–Kier alpha value is -0.800. The van der Waals surface area contributed by atoms with E-state index in [1.807, 2.05) is 6.20 Å². The quantitative estimate of drug-likeness (QED) is 0.635. The van der Waals surface area contributed by atoms with Crippen LogP contribution in [0.2, 0.25) is 0 Å². The number of allylic oxidation sites excluding steroid dienone is 1. The highest BCUT2D eigenvalue weighted by atomic mass is 15.3. The van der Waals surface area contributed by atoms with E-state index in [-0.39, 0.29) is 5.54 Å². The van der Waals surface area contributed by atoms with Crippen LogP contribution in [0.5, 0.6) is 0 Å². The van der Waals surface area contributed by atoms with E-state index < -0.39 is 0 Å². The van der Waals surface area contributed by atoms with Gasteiger partial charge in [0.1, 0.15) is 0 Å². The Labute approximate surface area is 151 Å². The van der Waals surface area contributed by atoms with Gasteiger partial charge in [-0.15, -0.1) is 0 Å². The van der Waals surface area contributed by atoms with Crippen molar-refractivity contribution in [3.05, 3.63) is 24.0 Å². The Morgan fingerprint density at radius 2 is 1.79 bits per heavy atom. The summed E-state index contributed by atoms with van der Waals surface area (Å²) in [7, 11) is 4.42. The zero-order valence-corrected chi connectivity index (χ0v) is 17.5. The van der Waals surface area contributed by atoms with E-state index >= 15 is 0 Å². The maximum absolute atomic E-state index is 4.14. The van der Waals surface area contributed by atoms with Crippen LogP contribution in [-0.4, -0.2) is 59.5 Å². The lowest BCUT2D eigenvalue weighted by Gasteiger charge is -2.46. The van der Waals surface area contributed by atoms with Crippen molar-refractivity contribution >= 4 is 0 Å². The molecule has 0 radical (unpaired) electrons. The van der Waals surface area contributed by atoms with E-state index in [1.165, 1.54) is 37.2 Å². The van der Waals surface area contributed by atoms with Gasteiger partial charge in [-0.25, -0.2) is 0 Å². The normalized spacial score (nSPS) is 20.0. The molecule has 1 unspecified atom stereocenters. The van der Waals surface area contributed by atoms with E-state index in [1.54, 1.807) is 0 Å². The lowest BCUT2D eigenvalue weighted by atomic mass is 9.93. The van der Waals surface area contributed by atoms with Gasteiger partial charge in [0, 0.05) is 36.4 Å². The number of rotatable bonds is 8. The highest BCUT2D eigenvalue weighted by Gasteiger charge is 2.32. The number of hydrogen-bond donors (Lipinski definition) is 0. The number of likely N-dealkylation sites (tertiary alicyclic amines) is 1. The summed E-state index contributed by atoms with van der Waals surface area (Å²) in [6.45, 7) is 20.4. The second-order valence-electron chi connectivity index (χ2n) is 8.14. The first-order valence-electron chi connectivity index (χ1n) is 9.71. The molecule has 1 fully saturated rings. The van der Waals surface area contributed by atoms with Gasteiger partial charge in [0.15, 0.2) is 0 Å². The molecule has 1 aliphatic rings. The van der Waals surface area contributed by atoms with Gasteiger partial charge in [0.2, 0.25) is 0 Å². The molecule has 24 heavy (non-hydrogen) atoms. The third-order valence-electron chi connectivity index (χ3n) is 6.10. The summed E-state index contributed by atoms with van der Waals surface area (Å²) in [5.41, 5.74) is 3.05. The zero-order chi connectivity index (χ0) is 18.5. The summed E-state index contributed by atoms with van der Waals surface area (Å²) < 4.78 is 0. The molecule has 0 spiro atoms. The SMILES string of the molecule is C=CN(/C(=C(/C)CC)C(C)N1CCC(N(C)C)CC1)C(C)(C)CC. The minimum absolute atomic E-state index is 0.101. The molecule has 0 saturated carbocycles. The van der Waals surface area contributed by atoms with Crippen LogP contribution in [0.25, 0.3) is 0 Å². The maximum atomic E-state index is 4.14. The fourth-order valence-corrected chi connectivity index (χ4v) is 3.75. The van der Waals surface area contributed by atoms with Crippen LogP contribution < -0.4 is 0 Å². The molecule has 0 aromatic carbocycles. The summed E-state index contributed by atoms with van der Waals surface area (Å²) in [5.74, 6) is 0. The van der Waals surface area contributed by atoms with Gasteiger partial charge >= 0.3 is 0 Å². The van der Waals surface area contributed by atoms with Gasteiger partial charge < -0.3 is 9.80 Å². The minimum Gasteiger partial charge on any atom is -0.345 e. The standard InChI is InChI=1S/C21H41N3/c1-10-17(4)20(24(12-3)21(6,7)11-2)18(5)23-15-13-19(14-16-23)22(8)9/h12,18-19H,3,10-11,13-16H2,1-2,4-9H3/b20-17-. The number of nitrogens with zero attached hydrogens (tertiary/aromatic N) is 3. The molecule has 1 heterocycles. The van der Waals surface area contributed by atoms with Crippen molar-refractivity contribution in [3.63, 3.8) is 0 Å². The second kappa shape index (κ2) is 9.05. The minimum atomic E-state index is 0.101.